The number of imide groups is 1. The first-order valence-electron chi connectivity index (χ1n) is 7.31. The van der Waals surface area contributed by atoms with Crippen molar-refractivity contribution >= 4 is 33.8 Å². The normalized spacial score (nSPS) is 18.5. The molecule has 8 nitrogen and oxygen atoms in total. The first kappa shape index (κ1) is 18.2. The maximum Gasteiger partial charge on any atom is 0.325 e. The van der Waals surface area contributed by atoms with Crippen molar-refractivity contribution in [1.29, 1.82) is 0 Å². The van der Waals surface area contributed by atoms with Crippen molar-refractivity contribution in [2.45, 2.75) is 25.9 Å². The molecule has 1 fully saturated rings. The van der Waals surface area contributed by atoms with Crippen molar-refractivity contribution in [1.82, 2.24) is 15.7 Å². The van der Waals surface area contributed by atoms with E-state index in [2.05, 4.69) is 21.2 Å². The molecule has 0 aromatic heterocycles. The fourth-order valence-electron chi connectivity index (χ4n) is 2.42. The Balaban J connectivity index is 2.07. The van der Waals surface area contributed by atoms with Crippen molar-refractivity contribution in [3.8, 4) is 5.75 Å². The summed E-state index contributed by atoms with van der Waals surface area (Å²) < 4.78 is 6.40. The molecule has 0 radical (unpaired) electrons. The average Bonchev–Trinajstić information content (AvgIpc) is 2.82. The zero-order valence-electron chi connectivity index (χ0n) is 13.2. The van der Waals surface area contributed by atoms with Gasteiger partial charge in [0.1, 0.15) is 24.4 Å². The quantitative estimate of drug-likeness (QED) is 0.379. The van der Waals surface area contributed by atoms with Crippen LogP contribution in [-0.2, 0) is 9.59 Å². The van der Waals surface area contributed by atoms with E-state index in [9.17, 15) is 14.4 Å². The summed E-state index contributed by atoms with van der Waals surface area (Å²) in [7, 11) is 0. The molecule has 130 valence electrons. The average molecular weight is 400 g/mol. The van der Waals surface area contributed by atoms with Crippen molar-refractivity contribution < 1.29 is 24.3 Å². The fourth-order valence-corrected chi connectivity index (χ4v) is 2.68. The van der Waals surface area contributed by atoms with Crippen molar-refractivity contribution in [3.05, 3.63) is 28.7 Å². The Hall–Kier alpha value is -2.13. The van der Waals surface area contributed by atoms with E-state index in [4.69, 9.17) is 9.94 Å². The van der Waals surface area contributed by atoms with Crippen LogP contribution in [0.15, 0.2) is 28.7 Å². The van der Waals surface area contributed by atoms with Crippen LogP contribution in [0.25, 0.3) is 0 Å². The van der Waals surface area contributed by atoms with E-state index in [1.54, 1.807) is 38.1 Å². The third kappa shape index (κ3) is 3.85. The summed E-state index contributed by atoms with van der Waals surface area (Å²) in [6.45, 7) is 3.28. The first-order valence-corrected chi connectivity index (χ1v) is 8.10. The SMILES string of the molecule is CC(C)C(C(=O)NO)N1C(=O)NC(COc2ccc(Br)cc2)C1=O. The van der Waals surface area contributed by atoms with E-state index in [-0.39, 0.29) is 12.5 Å². The number of urea groups is 1. The Morgan fingerprint density at radius 1 is 1.38 bits per heavy atom. The zero-order chi connectivity index (χ0) is 17.9. The molecule has 1 aliphatic rings. The summed E-state index contributed by atoms with van der Waals surface area (Å²) in [4.78, 5) is 37.1. The lowest BCUT2D eigenvalue weighted by Gasteiger charge is -2.26. The minimum atomic E-state index is -1.10. The van der Waals surface area contributed by atoms with E-state index in [0.717, 1.165) is 9.37 Å². The van der Waals surface area contributed by atoms with Crippen LogP contribution in [0.1, 0.15) is 13.8 Å². The molecule has 1 heterocycles. The van der Waals surface area contributed by atoms with Gasteiger partial charge in [0, 0.05) is 4.47 Å². The Labute approximate surface area is 147 Å². The van der Waals surface area contributed by atoms with Gasteiger partial charge >= 0.3 is 6.03 Å². The van der Waals surface area contributed by atoms with Crippen LogP contribution in [0, 0.1) is 5.92 Å². The van der Waals surface area contributed by atoms with E-state index >= 15 is 0 Å². The van der Waals surface area contributed by atoms with Gasteiger partial charge in [0.2, 0.25) is 0 Å². The topological polar surface area (TPSA) is 108 Å². The lowest BCUT2D eigenvalue weighted by Crippen LogP contribution is -2.52. The summed E-state index contributed by atoms with van der Waals surface area (Å²) in [5.74, 6) is -1.20. The molecule has 0 spiro atoms. The maximum absolute atomic E-state index is 12.5. The maximum atomic E-state index is 12.5. The van der Waals surface area contributed by atoms with Crippen molar-refractivity contribution in [3.63, 3.8) is 0 Å². The minimum absolute atomic E-state index is 0.0612. The van der Waals surface area contributed by atoms with Gasteiger partial charge in [-0.3, -0.25) is 14.8 Å². The summed E-state index contributed by atoms with van der Waals surface area (Å²) in [5.41, 5.74) is 1.49. The van der Waals surface area contributed by atoms with Crippen LogP contribution in [0.3, 0.4) is 0 Å². The third-order valence-corrected chi connectivity index (χ3v) is 4.10. The number of rotatable bonds is 6. The number of halogens is 1. The lowest BCUT2D eigenvalue weighted by atomic mass is 10.0. The minimum Gasteiger partial charge on any atom is -0.491 e. The lowest BCUT2D eigenvalue weighted by molar-refractivity contribution is -0.142. The van der Waals surface area contributed by atoms with E-state index in [1.165, 1.54) is 5.48 Å². The van der Waals surface area contributed by atoms with E-state index in [1.807, 2.05) is 0 Å². The molecule has 2 rings (SSSR count). The second-order valence-electron chi connectivity index (χ2n) is 5.64. The standard InChI is InChI=1S/C15H18BrN3O5/c1-8(2)12(13(20)18-23)19-14(21)11(17-15(19)22)7-24-10-5-3-9(16)4-6-10/h3-6,8,11-12,23H,7H2,1-2H3,(H,17,22)(H,18,20). The number of ether oxygens (including phenoxy) is 1. The van der Waals surface area contributed by atoms with Crippen LogP contribution in [0.4, 0.5) is 4.79 Å². The number of carbonyl (C=O) groups is 3. The number of benzene rings is 1. The third-order valence-electron chi connectivity index (χ3n) is 3.57. The molecule has 1 aliphatic heterocycles. The highest BCUT2D eigenvalue weighted by Crippen LogP contribution is 2.20. The molecule has 2 unspecified atom stereocenters. The van der Waals surface area contributed by atoms with Gasteiger partial charge in [-0.15, -0.1) is 0 Å². The van der Waals surface area contributed by atoms with Gasteiger partial charge in [-0.2, -0.15) is 0 Å². The number of amides is 4. The predicted molar refractivity (Wildman–Crippen MR) is 87.4 cm³/mol. The molecule has 1 saturated heterocycles. The highest BCUT2D eigenvalue weighted by Gasteiger charge is 2.46. The van der Waals surface area contributed by atoms with E-state index < -0.39 is 29.9 Å². The molecular weight excluding hydrogens is 382 g/mol. The zero-order valence-corrected chi connectivity index (χ0v) is 14.7. The predicted octanol–water partition coefficient (Wildman–Crippen LogP) is 1.28. The fraction of sp³-hybridized carbons (Fsp3) is 0.400. The van der Waals surface area contributed by atoms with Gasteiger partial charge in [-0.25, -0.2) is 15.2 Å². The Morgan fingerprint density at radius 3 is 2.54 bits per heavy atom. The van der Waals surface area contributed by atoms with Crippen LogP contribution in [0.2, 0.25) is 0 Å². The molecule has 2 atom stereocenters. The molecule has 1 aromatic rings. The number of hydrogen-bond acceptors (Lipinski definition) is 5. The number of hydrogen-bond donors (Lipinski definition) is 3. The molecule has 1 aromatic carbocycles. The summed E-state index contributed by atoms with van der Waals surface area (Å²) in [6, 6.07) is 4.34. The highest BCUT2D eigenvalue weighted by molar-refractivity contribution is 9.10. The molecule has 3 N–H and O–H groups in total. The molecule has 0 bridgehead atoms. The molecule has 0 aliphatic carbocycles. The van der Waals surface area contributed by atoms with Gasteiger partial charge in [-0.05, 0) is 30.2 Å². The molecule has 24 heavy (non-hydrogen) atoms. The smallest absolute Gasteiger partial charge is 0.325 e. The number of carbonyl (C=O) groups excluding carboxylic acids is 3. The van der Waals surface area contributed by atoms with Crippen LogP contribution < -0.4 is 15.5 Å². The van der Waals surface area contributed by atoms with Crippen LogP contribution >= 0.6 is 15.9 Å². The highest BCUT2D eigenvalue weighted by atomic mass is 79.9. The number of hydroxylamine groups is 1. The summed E-state index contributed by atoms with van der Waals surface area (Å²) in [5, 5.41) is 11.3. The summed E-state index contributed by atoms with van der Waals surface area (Å²) >= 11 is 3.31. The van der Waals surface area contributed by atoms with Gasteiger partial charge < -0.3 is 10.1 Å². The monoisotopic (exact) mass is 399 g/mol. The number of nitrogens with zero attached hydrogens (tertiary/aromatic N) is 1. The van der Waals surface area contributed by atoms with Crippen LogP contribution in [0.5, 0.6) is 5.75 Å². The molecular formula is C15H18BrN3O5. The number of nitrogens with one attached hydrogen (secondary N) is 2. The Bertz CT molecular complexity index is 635. The van der Waals surface area contributed by atoms with Crippen molar-refractivity contribution in [2.24, 2.45) is 5.92 Å². The molecule has 0 saturated carbocycles. The summed E-state index contributed by atoms with van der Waals surface area (Å²) in [6.07, 6.45) is 0. The Morgan fingerprint density at radius 2 is 2.00 bits per heavy atom. The first-order chi connectivity index (χ1) is 11.3. The van der Waals surface area contributed by atoms with Gasteiger partial charge in [0.05, 0.1) is 0 Å². The van der Waals surface area contributed by atoms with E-state index in [0.29, 0.717) is 5.75 Å². The van der Waals surface area contributed by atoms with Gasteiger partial charge in [0.15, 0.2) is 0 Å². The van der Waals surface area contributed by atoms with Crippen molar-refractivity contribution in [2.75, 3.05) is 6.61 Å². The second kappa shape index (κ2) is 7.63. The largest absolute Gasteiger partial charge is 0.491 e. The van der Waals surface area contributed by atoms with Gasteiger partial charge in [0.25, 0.3) is 11.8 Å². The Kier molecular flexibility index (Phi) is 5.79. The molecule has 4 amide bonds. The van der Waals surface area contributed by atoms with Crippen LogP contribution in [-0.4, -0.2) is 46.6 Å². The second-order valence-corrected chi connectivity index (χ2v) is 6.56. The van der Waals surface area contributed by atoms with Gasteiger partial charge in [-0.1, -0.05) is 29.8 Å². The molecule has 9 heteroatoms.